The van der Waals surface area contributed by atoms with Gasteiger partial charge in [-0.05, 0) is 38.5 Å². The summed E-state index contributed by atoms with van der Waals surface area (Å²) in [4.78, 5) is 14.2. The van der Waals surface area contributed by atoms with Gasteiger partial charge < -0.3 is 10.6 Å². The van der Waals surface area contributed by atoms with Gasteiger partial charge in [0.2, 0.25) is 5.91 Å². The van der Waals surface area contributed by atoms with Gasteiger partial charge in [-0.2, -0.15) is 0 Å². The molecule has 1 aromatic carbocycles. The third-order valence-electron chi connectivity index (χ3n) is 2.83. The third-order valence-corrected chi connectivity index (χ3v) is 4.27. The van der Waals surface area contributed by atoms with Crippen molar-refractivity contribution in [2.75, 3.05) is 24.6 Å². The molecule has 0 saturated carbocycles. The molecule has 0 heterocycles. The summed E-state index contributed by atoms with van der Waals surface area (Å²) < 4.78 is 12.2. The van der Waals surface area contributed by atoms with Crippen LogP contribution in [0.4, 0.5) is 5.69 Å². The first-order valence-electron chi connectivity index (χ1n) is 6.01. The Morgan fingerprint density at radius 2 is 1.94 bits per heavy atom. The second-order valence-corrected chi connectivity index (χ2v) is 5.50. The number of carbonyl (C=O) groups is 1. The average Bonchev–Trinajstić information content (AvgIpc) is 2.33. The van der Waals surface area contributed by atoms with Gasteiger partial charge in [-0.1, -0.05) is 6.07 Å². The minimum absolute atomic E-state index is 0.0198. The van der Waals surface area contributed by atoms with E-state index in [0.29, 0.717) is 23.7 Å². The molecular formula is C13H20N2O2S. The SMILES string of the molecule is CCN(CC)C(=O)CS(=O)c1cc(N)ccc1C. The van der Waals surface area contributed by atoms with E-state index in [1.54, 1.807) is 17.0 Å². The molecule has 0 radical (unpaired) electrons. The number of hydrogen-bond acceptors (Lipinski definition) is 3. The van der Waals surface area contributed by atoms with Crippen LogP contribution < -0.4 is 5.73 Å². The zero-order chi connectivity index (χ0) is 13.7. The summed E-state index contributed by atoms with van der Waals surface area (Å²) in [7, 11) is -1.33. The number of aryl methyl sites for hydroxylation is 1. The molecule has 1 amide bonds. The fraction of sp³-hybridized carbons (Fsp3) is 0.462. The zero-order valence-electron chi connectivity index (χ0n) is 11.1. The molecule has 0 aliphatic rings. The Labute approximate surface area is 111 Å². The molecule has 5 heteroatoms. The van der Waals surface area contributed by atoms with Crippen LogP contribution in [0.2, 0.25) is 0 Å². The van der Waals surface area contributed by atoms with Crippen LogP contribution in [0.15, 0.2) is 23.1 Å². The molecule has 0 saturated heterocycles. The van der Waals surface area contributed by atoms with Crippen LogP contribution >= 0.6 is 0 Å². The standard InChI is InChI=1S/C13H20N2O2S/c1-4-15(5-2)13(16)9-18(17)12-8-11(14)7-6-10(12)3/h6-8H,4-5,9,14H2,1-3H3. The lowest BCUT2D eigenvalue weighted by molar-refractivity contribution is -0.128. The molecule has 2 N–H and O–H groups in total. The molecule has 1 rings (SSSR count). The Kier molecular flexibility index (Phi) is 5.34. The number of nitrogen functional groups attached to an aromatic ring is 1. The fourth-order valence-corrected chi connectivity index (χ4v) is 2.98. The van der Waals surface area contributed by atoms with Crippen LogP contribution in [0.5, 0.6) is 0 Å². The first-order chi connectivity index (χ1) is 8.49. The minimum atomic E-state index is -1.33. The minimum Gasteiger partial charge on any atom is -0.399 e. The van der Waals surface area contributed by atoms with E-state index in [0.717, 1.165) is 5.56 Å². The Morgan fingerprint density at radius 1 is 1.33 bits per heavy atom. The van der Waals surface area contributed by atoms with Gasteiger partial charge in [0.15, 0.2) is 0 Å². The summed E-state index contributed by atoms with van der Waals surface area (Å²) in [6.45, 7) is 6.98. The highest BCUT2D eigenvalue weighted by Gasteiger charge is 2.16. The molecule has 1 aromatic rings. The quantitative estimate of drug-likeness (QED) is 0.824. The number of anilines is 1. The first-order valence-corrected chi connectivity index (χ1v) is 7.33. The molecular weight excluding hydrogens is 248 g/mol. The van der Waals surface area contributed by atoms with Gasteiger partial charge >= 0.3 is 0 Å². The van der Waals surface area contributed by atoms with Gasteiger partial charge in [0.05, 0.1) is 10.8 Å². The lowest BCUT2D eigenvalue weighted by Gasteiger charge is -2.18. The second kappa shape index (κ2) is 6.54. The van der Waals surface area contributed by atoms with Crippen molar-refractivity contribution in [1.29, 1.82) is 0 Å². The Bertz CT molecular complexity index is 456. The monoisotopic (exact) mass is 268 g/mol. The Balaban J connectivity index is 2.82. The summed E-state index contributed by atoms with van der Waals surface area (Å²) >= 11 is 0. The number of carbonyl (C=O) groups excluding carboxylic acids is 1. The number of benzene rings is 1. The van der Waals surface area contributed by atoms with Crippen molar-refractivity contribution in [3.05, 3.63) is 23.8 Å². The fourth-order valence-electron chi connectivity index (χ4n) is 1.72. The second-order valence-electron chi connectivity index (χ2n) is 4.08. The van der Waals surface area contributed by atoms with Crippen molar-refractivity contribution in [3.8, 4) is 0 Å². The van der Waals surface area contributed by atoms with E-state index >= 15 is 0 Å². The highest BCUT2D eigenvalue weighted by molar-refractivity contribution is 7.85. The molecule has 1 atom stereocenters. The van der Waals surface area contributed by atoms with E-state index in [-0.39, 0.29) is 11.7 Å². The summed E-state index contributed by atoms with van der Waals surface area (Å²) in [6, 6.07) is 5.27. The van der Waals surface area contributed by atoms with Gasteiger partial charge in [-0.3, -0.25) is 9.00 Å². The van der Waals surface area contributed by atoms with Crippen LogP contribution in [0.25, 0.3) is 0 Å². The highest BCUT2D eigenvalue weighted by atomic mass is 32.2. The van der Waals surface area contributed by atoms with E-state index in [2.05, 4.69) is 0 Å². The summed E-state index contributed by atoms with van der Waals surface area (Å²) in [5, 5.41) is 0. The lowest BCUT2D eigenvalue weighted by atomic mass is 10.2. The zero-order valence-corrected chi connectivity index (χ0v) is 11.9. The van der Waals surface area contributed by atoms with Crippen LogP contribution in [0, 0.1) is 6.92 Å². The number of nitrogens with zero attached hydrogens (tertiary/aromatic N) is 1. The average molecular weight is 268 g/mol. The lowest BCUT2D eigenvalue weighted by Crippen LogP contribution is -2.34. The van der Waals surface area contributed by atoms with Gasteiger partial charge in [0.25, 0.3) is 0 Å². The number of amides is 1. The molecule has 0 bridgehead atoms. The predicted molar refractivity (Wildman–Crippen MR) is 74.8 cm³/mol. The molecule has 4 nitrogen and oxygen atoms in total. The van der Waals surface area contributed by atoms with E-state index in [9.17, 15) is 9.00 Å². The Hall–Kier alpha value is -1.36. The van der Waals surface area contributed by atoms with Crippen LogP contribution in [0.3, 0.4) is 0 Å². The maximum atomic E-state index is 12.2. The van der Waals surface area contributed by atoms with Crippen LogP contribution in [-0.2, 0) is 15.6 Å². The number of nitrogens with two attached hydrogens (primary N) is 1. The molecule has 0 spiro atoms. The smallest absolute Gasteiger partial charge is 0.235 e. The van der Waals surface area contributed by atoms with E-state index in [4.69, 9.17) is 5.73 Å². The Morgan fingerprint density at radius 3 is 2.50 bits per heavy atom. The summed E-state index contributed by atoms with van der Waals surface area (Å²) in [5.41, 5.74) is 7.15. The largest absolute Gasteiger partial charge is 0.399 e. The summed E-state index contributed by atoms with van der Waals surface area (Å²) in [5.74, 6) is -0.0634. The molecule has 0 aliphatic heterocycles. The van der Waals surface area contributed by atoms with Crippen molar-refractivity contribution in [2.24, 2.45) is 0 Å². The van der Waals surface area contributed by atoms with Crippen molar-refractivity contribution < 1.29 is 9.00 Å². The normalized spacial score (nSPS) is 12.2. The predicted octanol–water partition coefficient (Wildman–Crippen LogP) is 1.55. The molecule has 18 heavy (non-hydrogen) atoms. The van der Waals surface area contributed by atoms with Crippen LogP contribution in [-0.4, -0.2) is 33.9 Å². The van der Waals surface area contributed by atoms with Crippen LogP contribution in [0.1, 0.15) is 19.4 Å². The molecule has 100 valence electrons. The van der Waals surface area contributed by atoms with E-state index in [1.807, 2.05) is 26.8 Å². The van der Waals surface area contributed by atoms with Gasteiger partial charge in [0.1, 0.15) is 5.75 Å². The maximum Gasteiger partial charge on any atom is 0.235 e. The van der Waals surface area contributed by atoms with Crippen molar-refractivity contribution in [1.82, 2.24) is 4.90 Å². The third kappa shape index (κ3) is 3.57. The molecule has 0 aliphatic carbocycles. The molecule has 0 fully saturated rings. The topological polar surface area (TPSA) is 63.4 Å². The van der Waals surface area contributed by atoms with E-state index in [1.165, 1.54) is 0 Å². The molecule has 1 unspecified atom stereocenters. The van der Waals surface area contributed by atoms with Gasteiger partial charge in [0, 0.05) is 23.7 Å². The number of hydrogen-bond donors (Lipinski definition) is 1. The first kappa shape index (κ1) is 14.7. The molecule has 0 aromatic heterocycles. The summed E-state index contributed by atoms with van der Waals surface area (Å²) in [6.07, 6.45) is 0. The highest BCUT2D eigenvalue weighted by Crippen LogP contribution is 2.17. The van der Waals surface area contributed by atoms with Gasteiger partial charge in [-0.25, -0.2) is 0 Å². The van der Waals surface area contributed by atoms with Crippen molar-refractivity contribution >= 4 is 22.4 Å². The maximum absolute atomic E-state index is 12.2. The van der Waals surface area contributed by atoms with Crippen molar-refractivity contribution in [2.45, 2.75) is 25.7 Å². The van der Waals surface area contributed by atoms with E-state index < -0.39 is 10.8 Å². The van der Waals surface area contributed by atoms with Crippen molar-refractivity contribution in [3.63, 3.8) is 0 Å². The van der Waals surface area contributed by atoms with Gasteiger partial charge in [-0.15, -0.1) is 0 Å². The number of rotatable bonds is 5.